The molecule has 0 saturated heterocycles. The first-order valence-electron chi connectivity index (χ1n) is 15.1. The van der Waals surface area contributed by atoms with Gasteiger partial charge in [-0.2, -0.15) is 17.5 Å². The summed E-state index contributed by atoms with van der Waals surface area (Å²) in [5.41, 5.74) is 1.51. The number of halogens is 3. The molecule has 0 aliphatic rings. The van der Waals surface area contributed by atoms with Crippen LogP contribution < -0.4 is 5.43 Å². The van der Waals surface area contributed by atoms with Crippen LogP contribution in [0.4, 0.5) is 13.2 Å². The summed E-state index contributed by atoms with van der Waals surface area (Å²) in [6.07, 6.45) is -2.45. The fraction of sp³-hybridized carbons (Fsp3) is 0.139. The number of furan rings is 1. The number of aryl methyl sites for hydroxylation is 1. The van der Waals surface area contributed by atoms with Crippen LogP contribution in [0.5, 0.6) is 5.75 Å². The first kappa shape index (κ1) is 34.7. The zero-order valence-corrected chi connectivity index (χ0v) is 28.0. The van der Waals surface area contributed by atoms with Gasteiger partial charge in [-0.15, -0.1) is 0 Å². The van der Waals surface area contributed by atoms with Crippen LogP contribution in [0.15, 0.2) is 135 Å². The van der Waals surface area contributed by atoms with Gasteiger partial charge in [-0.1, -0.05) is 72.8 Å². The molecule has 0 fully saturated rings. The van der Waals surface area contributed by atoms with Gasteiger partial charge in [-0.25, -0.2) is 16.8 Å². The van der Waals surface area contributed by atoms with Gasteiger partial charge < -0.3 is 14.1 Å². The Morgan fingerprint density at radius 1 is 0.820 bits per heavy atom. The fourth-order valence-electron chi connectivity index (χ4n) is 5.58. The standard InChI is InChI=1S/C36H29F3N2O7S2/c1-24-9-12-27-5-2-3-8-31(27)35(24)50(46,47)41(21-29-15-16-34(48-29)36(37,38)39)20-25-10-13-26(14-11-25)28-6-4-7-30(19-28)49(44,45)23-40-18-17-32(42)33(43)22-40/h2-19,22,43H,20-21,23H2,1H3. The third kappa shape index (κ3) is 7.22. The number of fused-ring (bicyclic) bond motifs is 1. The number of rotatable bonds is 10. The maximum Gasteiger partial charge on any atom is 0.449 e. The zero-order chi connectivity index (χ0) is 35.8. The molecule has 0 amide bonds. The van der Waals surface area contributed by atoms with E-state index in [2.05, 4.69) is 0 Å². The van der Waals surface area contributed by atoms with Gasteiger partial charge in [0.1, 0.15) is 11.6 Å². The highest BCUT2D eigenvalue weighted by Crippen LogP contribution is 2.34. The molecule has 2 heterocycles. The lowest BCUT2D eigenvalue weighted by atomic mass is 10.0. The number of alkyl halides is 3. The molecule has 2 aromatic heterocycles. The number of sulfonamides is 1. The predicted octanol–water partition coefficient (Wildman–Crippen LogP) is 7.12. The lowest BCUT2D eigenvalue weighted by Gasteiger charge is -2.24. The van der Waals surface area contributed by atoms with Crippen molar-refractivity contribution in [2.45, 2.75) is 41.9 Å². The van der Waals surface area contributed by atoms with E-state index in [4.69, 9.17) is 4.42 Å². The normalized spacial score (nSPS) is 12.5. The number of benzene rings is 4. The minimum absolute atomic E-state index is 0.00309. The molecule has 6 rings (SSSR count). The maximum atomic E-state index is 14.3. The molecule has 0 bridgehead atoms. The molecule has 50 heavy (non-hydrogen) atoms. The quantitative estimate of drug-likeness (QED) is 0.160. The molecule has 258 valence electrons. The van der Waals surface area contributed by atoms with Crippen LogP contribution in [0, 0.1) is 6.92 Å². The minimum Gasteiger partial charge on any atom is -0.503 e. The van der Waals surface area contributed by atoms with E-state index >= 15 is 0 Å². The number of hydrogen-bond acceptors (Lipinski definition) is 7. The van der Waals surface area contributed by atoms with Gasteiger partial charge in [0.2, 0.25) is 21.2 Å². The molecule has 6 aromatic rings. The molecule has 0 aliphatic heterocycles. The van der Waals surface area contributed by atoms with E-state index < -0.39 is 55.4 Å². The molecule has 1 N–H and O–H groups in total. The number of sulfone groups is 1. The van der Waals surface area contributed by atoms with E-state index in [0.717, 1.165) is 28.7 Å². The van der Waals surface area contributed by atoms with E-state index in [-0.39, 0.29) is 22.1 Å². The van der Waals surface area contributed by atoms with Gasteiger partial charge >= 0.3 is 6.18 Å². The van der Waals surface area contributed by atoms with E-state index in [0.29, 0.717) is 33.0 Å². The van der Waals surface area contributed by atoms with Gasteiger partial charge in [0, 0.05) is 24.2 Å². The molecule has 9 nitrogen and oxygen atoms in total. The summed E-state index contributed by atoms with van der Waals surface area (Å²) in [5, 5.41) is 10.8. The molecule has 0 aliphatic carbocycles. The van der Waals surface area contributed by atoms with Crippen molar-refractivity contribution < 1.29 is 39.5 Å². The third-order valence-electron chi connectivity index (χ3n) is 8.06. The number of hydrogen-bond donors (Lipinski definition) is 1. The maximum absolute atomic E-state index is 14.3. The smallest absolute Gasteiger partial charge is 0.449 e. The third-order valence-corrected chi connectivity index (χ3v) is 11.7. The lowest BCUT2D eigenvalue weighted by Crippen LogP contribution is -2.31. The van der Waals surface area contributed by atoms with Crippen LogP contribution in [-0.4, -0.2) is 30.8 Å². The van der Waals surface area contributed by atoms with Crippen molar-refractivity contribution in [3.8, 4) is 16.9 Å². The topological polar surface area (TPSA) is 127 Å². The fourth-order valence-corrected chi connectivity index (χ4v) is 8.69. The van der Waals surface area contributed by atoms with Crippen molar-refractivity contribution in [3.05, 3.63) is 148 Å². The summed E-state index contributed by atoms with van der Waals surface area (Å²) in [6, 6.07) is 26.2. The van der Waals surface area contributed by atoms with Gasteiger partial charge in [0.25, 0.3) is 0 Å². The molecule has 14 heteroatoms. The molecule has 4 aromatic carbocycles. The second-order valence-corrected chi connectivity index (χ2v) is 15.5. The van der Waals surface area contributed by atoms with Crippen molar-refractivity contribution >= 4 is 30.6 Å². The van der Waals surface area contributed by atoms with Crippen molar-refractivity contribution in [2.24, 2.45) is 0 Å². The first-order chi connectivity index (χ1) is 23.6. The highest BCUT2D eigenvalue weighted by Gasteiger charge is 2.36. The summed E-state index contributed by atoms with van der Waals surface area (Å²) in [4.78, 5) is 11.5. The Kier molecular flexibility index (Phi) is 9.20. The van der Waals surface area contributed by atoms with Gasteiger partial charge in [-0.3, -0.25) is 4.79 Å². The molecular weight excluding hydrogens is 694 g/mol. The largest absolute Gasteiger partial charge is 0.503 e. The van der Waals surface area contributed by atoms with E-state index in [9.17, 15) is 39.9 Å². The van der Waals surface area contributed by atoms with Gasteiger partial charge in [0.05, 0.1) is 22.5 Å². The Hall–Kier alpha value is -5.18. The molecule has 0 atom stereocenters. The van der Waals surface area contributed by atoms with Gasteiger partial charge in [-0.05, 0) is 58.8 Å². The highest BCUT2D eigenvalue weighted by atomic mass is 32.2. The molecule has 0 saturated carbocycles. The van der Waals surface area contributed by atoms with E-state index in [1.165, 1.54) is 22.9 Å². The Morgan fingerprint density at radius 3 is 2.26 bits per heavy atom. The van der Waals surface area contributed by atoms with Crippen molar-refractivity contribution in [1.82, 2.24) is 8.87 Å². The molecule has 0 radical (unpaired) electrons. The number of aromatic hydroxyl groups is 1. The number of aromatic nitrogens is 1. The van der Waals surface area contributed by atoms with Gasteiger partial charge in [0.15, 0.2) is 15.6 Å². The Balaban J connectivity index is 1.31. The van der Waals surface area contributed by atoms with Crippen LogP contribution >= 0.6 is 0 Å². The zero-order valence-electron chi connectivity index (χ0n) is 26.3. The minimum atomic E-state index is -4.74. The first-order valence-corrected chi connectivity index (χ1v) is 18.2. The van der Waals surface area contributed by atoms with E-state index in [1.54, 1.807) is 79.7 Å². The number of pyridine rings is 1. The summed E-state index contributed by atoms with van der Waals surface area (Å²) in [6.45, 7) is 0.962. The van der Waals surface area contributed by atoms with Crippen LogP contribution in [0.2, 0.25) is 0 Å². The molecular formula is C36H29F3N2O7S2. The second-order valence-electron chi connectivity index (χ2n) is 11.6. The van der Waals surface area contributed by atoms with Crippen molar-refractivity contribution in [2.75, 3.05) is 0 Å². The average molecular weight is 723 g/mol. The summed E-state index contributed by atoms with van der Waals surface area (Å²) in [5.74, 6) is -2.53. The van der Waals surface area contributed by atoms with Crippen LogP contribution in [0.25, 0.3) is 21.9 Å². The lowest BCUT2D eigenvalue weighted by molar-refractivity contribution is -0.153. The highest BCUT2D eigenvalue weighted by molar-refractivity contribution is 7.90. The van der Waals surface area contributed by atoms with Crippen LogP contribution in [0.3, 0.4) is 0 Å². The Labute approximate surface area is 285 Å². The molecule has 0 unspecified atom stereocenters. The van der Waals surface area contributed by atoms with Crippen LogP contribution in [-0.2, 0) is 45.0 Å². The van der Waals surface area contributed by atoms with Crippen molar-refractivity contribution in [3.63, 3.8) is 0 Å². The monoisotopic (exact) mass is 722 g/mol. The summed E-state index contributed by atoms with van der Waals surface area (Å²) < 4.78 is 102. The Morgan fingerprint density at radius 2 is 1.56 bits per heavy atom. The van der Waals surface area contributed by atoms with E-state index in [1.807, 2.05) is 0 Å². The Bertz CT molecular complexity index is 2490. The average Bonchev–Trinajstić information content (AvgIpc) is 3.56. The summed E-state index contributed by atoms with van der Waals surface area (Å²) in [7, 11) is -8.21. The van der Waals surface area contributed by atoms with Crippen LogP contribution in [0.1, 0.15) is 22.6 Å². The summed E-state index contributed by atoms with van der Waals surface area (Å²) >= 11 is 0. The molecule has 0 spiro atoms. The predicted molar refractivity (Wildman–Crippen MR) is 180 cm³/mol. The SMILES string of the molecule is Cc1ccc2ccccc2c1S(=O)(=O)N(Cc1ccc(-c2cccc(S(=O)(=O)Cn3ccc(=O)c(O)c3)c2)cc1)Cc1ccc(C(F)(F)F)o1. The van der Waals surface area contributed by atoms with Crippen molar-refractivity contribution in [1.29, 1.82) is 0 Å². The number of nitrogens with zero attached hydrogens (tertiary/aromatic N) is 2. The second kappa shape index (κ2) is 13.3.